The van der Waals surface area contributed by atoms with Crippen molar-refractivity contribution in [2.24, 2.45) is 5.41 Å². The first kappa shape index (κ1) is 13.0. The standard InChI is InChI=1S/C14H25NO2/c1-12-8-15(9-13(2,3)17-12)10-14(11-16)6-4-5-7-14/h11-12H,4-10H2,1-3H3. The highest BCUT2D eigenvalue weighted by atomic mass is 16.5. The normalized spacial score (nSPS) is 32.5. The molecule has 3 nitrogen and oxygen atoms in total. The number of rotatable bonds is 3. The number of carbonyl (C=O) groups excluding carboxylic acids is 1. The molecule has 1 atom stereocenters. The van der Waals surface area contributed by atoms with Crippen molar-refractivity contribution in [2.45, 2.75) is 58.2 Å². The van der Waals surface area contributed by atoms with E-state index in [-0.39, 0.29) is 17.1 Å². The second kappa shape index (κ2) is 4.69. The first-order chi connectivity index (χ1) is 7.95. The Kier molecular flexibility index (Phi) is 3.60. The smallest absolute Gasteiger partial charge is 0.127 e. The van der Waals surface area contributed by atoms with Gasteiger partial charge < -0.3 is 9.53 Å². The fourth-order valence-corrected chi connectivity index (χ4v) is 3.54. The second-order valence-electron chi connectivity index (χ2n) is 6.55. The number of nitrogens with zero attached hydrogens (tertiary/aromatic N) is 1. The monoisotopic (exact) mass is 239 g/mol. The Bertz CT molecular complexity index is 282. The SMILES string of the molecule is CC1CN(CC2(C=O)CCCC2)CC(C)(C)O1. The number of carbonyl (C=O) groups is 1. The average Bonchev–Trinajstić information content (AvgIpc) is 2.63. The Hall–Kier alpha value is -0.410. The molecule has 0 aromatic carbocycles. The van der Waals surface area contributed by atoms with Crippen LogP contribution in [0.4, 0.5) is 0 Å². The molecule has 2 aliphatic rings. The van der Waals surface area contributed by atoms with Crippen molar-refractivity contribution in [1.29, 1.82) is 0 Å². The molecule has 1 saturated heterocycles. The van der Waals surface area contributed by atoms with Gasteiger partial charge in [0.15, 0.2) is 0 Å². The molecule has 1 aliphatic carbocycles. The van der Waals surface area contributed by atoms with E-state index >= 15 is 0 Å². The Morgan fingerprint density at radius 3 is 2.53 bits per heavy atom. The van der Waals surface area contributed by atoms with E-state index in [1.165, 1.54) is 19.1 Å². The third-order valence-electron chi connectivity index (χ3n) is 4.03. The van der Waals surface area contributed by atoms with Crippen LogP contribution in [-0.4, -0.2) is 42.5 Å². The molecule has 1 saturated carbocycles. The lowest BCUT2D eigenvalue weighted by Crippen LogP contribution is -2.54. The zero-order valence-corrected chi connectivity index (χ0v) is 11.4. The van der Waals surface area contributed by atoms with Gasteiger partial charge in [-0.15, -0.1) is 0 Å². The van der Waals surface area contributed by atoms with Gasteiger partial charge in [-0.05, 0) is 33.6 Å². The predicted octanol–water partition coefficient (Wildman–Crippen LogP) is 2.25. The second-order valence-corrected chi connectivity index (χ2v) is 6.55. The molecule has 2 rings (SSSR count). The molecular weight excluding hydrogens is 214 g/mol. The van der Waals surface area contributed by atoms with E-state index in [1.54, 1.807) is 0 Å². The Morgan fingerprint density at radius 1 is 1.35 bits per heavy atom. The Morgan fingerprint density at radius 2 is 2.00 bits per heavy atom. The maximum Gasteiger partial charge on any atom is 0.127 e. The molecule has 0 aromatic rings. The maximum absolute atomic E-state index is 11.4. The van der Waals surface area contributed by atoms with Crippen LogP contribution in [0.5, 0.6) is 0 Å². The van der Waals surface area contributed by atoms with Crippen LogP contribution >= 0.6 is 0 Å². The molecule has 0 bridgehead atoms. The number of morpholine rings is 1. The molecule has 0 aromatic heterocycles. The number of hydrogen-bond acceptors (Lipinski definition) is 3. The van der Waals surface area contributed by atoms with Gasteiger partial charge in [-0.1, -0.05) is 12.8 Å². The van der Waals surface area contributed by atoms with Crippen LogP contribution in [-0.2, 0) is 9.53 Å². The van der Waals surface area contributed by atoms with Crippen molar-refractivity contribution in [3.05, 3.63) is 0 Å². The van der Waals surface area contributed by atoms with E-state index in [9.17, 15) is 4.79 Å². The fourth-order valence-electron chi connectivity index (χ4n) is 3.54. The first-order valence-corrected chi connectivity index (χ1v) is 6.81. The molecular formula is C14H25NO2. The highest BCUT2D eigenvalue weighted by Crippen LogP contribution is 2.37. The minimum Gasteiger partial charge on any atom is -0.370 e. The number of hydrogen-bond donors (Lipinski definition) is 0. The van der Waals surface area contributed by atoms with Crippen molar-refractivity contribution in [3.63, 3.8) is 0 Å². The highest BCUT2D eigenvalue weighted by Gasteiger charge is 2.39. The molecule has 98 valence electrons. The van der Waals surface area contributed by atoms with Crippen molar-refractivity contribution >= 4 is 6.29 Å². The van der Waals surface area contributed by atoms with E-state index in [2.05, 4.69) is 25.7 Å². The minimum atomic E-state index is -0.0830. The van der Waals surface area contributed by atoms with E-state index in [1.807, 2.05) is 0 Å². The molecule has 0 amide bonds. The van der Waals surface area contributed by atoms with Crippen molar-refractivity contribution in [3.8, 4) is 0 Å². The quantitative estimate of drug-likeness (QED) is 0.707. The Balaban J connectivity index is 2.00. The average molecular weight is 239 g/mol. The van der Waals surface area contributed by atoms with Gasteiger partial charge in [-0.25, -0.2) is 0 Å². The lowest BCUT2D eigenvalue weighted by molar-refractivity contribution is -0.139. The molecule has 3 heteroatoms. The summed E-state index contributed by atoms with van der Waals surface area (Å²) in [5, 5.41) is 0. The summed E-state index contributed by atoms with van der Waals surface area (Å²) in [6.45, 7) is 9.21. The highest BCUT2D eigenvalue weighted by molar-refractivity contribution is 5.60. The van der Waals surface area contributed by atoms with Crippen molar-refractivity contribution in [2.75, 3.05) is 19.6 Å². The van der Waals surface area contributed by atoms with E-state index < -0.39 is 0 Å². The number of ether oxygens (including phenoxy) is 1. The summed E-state index contributed by atoms with van der Waals surface area (Å²) in [7, 11) is 0. The van der Waals surface area contributed by atoms with E-state index in [4.69, 9.17) is 4.74 Å². The fraction of sp³-hybridized carbons (Fsp3) is 0.929. The van der Waals surface area contributed by atoms with Gasteiger partial charge in [0.1, 0.15) is 6.29 Å². The number of aldehydes is 1. The largest absolute Gasteiger partial charge is 0.370 e. The lowest BCUT2D eigenvalue weighted by Gasteiger charge is -2.44. The van der Waals surface area contributed by atoms with Gasteiger partial charge in [-0.2, -0.15) is 0 Å². The van der Waals surface area contributed by atoms with Crippen LogP contribution < -0.4 is 0 Å². The molecule has 1 unspecified atom stereocenters. The van der Waals surface area contributed by atoms with Gasteiger partial charge in [0.05, 0.1) is 11.7 Å². The van der Waals surface area contributed by atoms with Crippen LogP contribution in [0, 0.1) is 5.41 Å². The van der Waals surface area contributed by atoms with Gasteiger partial charge in [0.2, 0.25) is 0 Å². The van der Waals surface area contributed by atoms with Gasteiger partial charge in [0, 0.05) is 25.0 Å². The third-order valence-corrected chi connectivity index (χ3v) is 4.03. The first-order valence-electron chi connectivity index (χ1n) is 6.81. The van der Waals surface area contributed by atoms with Gasteiger partial charge >= 0.3 is 0 Å². The summed E-state index contributed by atoms with van der Waals surface area (Å²) in [6.07, 6.45) is 6.05. The Labute approximate surface area is 105 Å². The molecule has 0 N–H and O–H groups in total. The zero-order chi connectivity index (χ0) is 12.5. The van der Waals surface area contributed by atoms with Gasteiger partial charge in [0.25, 0.3) is 0 Å². The third kappa shape index (κ3) is 3.08. The van der Waals surface area contributed by atoms with Crippen molar-refractivity contribution in [1.82, 2.24) is 4.90 Å². The van der Waals surface area contributed by atoms with Crippen molar-refractivity contribution < 1.29 is 9.53 Å². The molecule has 2 fully saturated rings. The van der Waals surface area contributed by atoms with Crippen LogP contribution in [0.3, 0.4) is 0 Å². The zero-order valence-electron chi connectivity index (χ0n) is 11.4. The summed E-state index contributed by atoms with van der Waals surface area (Å²) in [6, 6.07) is 0. The summed E-state index contributed by atoms with van der Waals surface area (Å²) in [5.74, 6) is 0. The van der Waals surface area contributed by atoms with E-state index in [0.717, 1.165) is 32.5 Å². The predicted molar refractivity (Wildman–Crippen MR) is 68.0 cm³/mol. The molecule has 17 heavy (non-hydrogen) atoms. The van der Waals surface area contributed by atoms with Gasteiger partial charge in [-0.3, -0.25) is 4.90 Å². The molecule has 0 spiro atoms. The van der Waals surface area contributed by atoms with Crippen LogP contribution in [0.25, 0.3) is 0 Å². The van der Waals surface area contributed by atoms with Crippen LogP contribution in [0.15, 0.2) is 0 Å². The van der Waals surface area contributed by atoms with Crippen LogP contribution in [0.2, 0.25) is 0 Å². The summed E-state index contributed by atoms with van der Waals surface area (Å²) >= 11 is 0. The van der Waals surface area contributed by atoms with Crippen LogP contribution in [0.1, 0.15) is 46.5 Å². The molecule has 1 aliphatic heterocycles. The summed E-state index contributed by atoms with van der Waals surface area (Å²) < 4.78 is 5.90. The lowest BCUT2D eigenvalue weighted by atomic mass is 9.86. The summed E-state index contributed by atoms with van der Waals surface area (Å²) in [5.41, 5.74) is -0.145. The topological polar surface area (TPSA) is 29.5 Å². The maximum atomic E-state index is 11.4. The van der Waals surface area contributed by atoms with E-state index in [0.29, 0.717) is 0 Å². The summed E-state index contributed by atoms with van der Waals surface area (Å²) in [4.78, 5) is 13.8. The minimum absolute atomic E-state index is 0.0624. The molecule has 1 heterocycles. The molecule has 0 radical (unpaired) electrons.